The quantitative estimate of drug-likeness (QED) is 0.300. The van der Waals surface area contributed by atoms with Crippen LogP contribution in [0.15, 0.2) is 77.3 Å². The molecule has 8 heteroatoms. The Bertz CT molecular complexity index is 1400. The molecule has 1 aliphatic heterocycles. The van der Waals surface area contributed by atoms with Crippen molar-refractivity contribution in [1.29, 1.82) is 5.26 Å². The molecule has 1 aliphatic rings. The maximum Gasteiger partial charge on any atom is 0.269 e. The van der Waals surface area contributed by atoms with Crippen molar-refractivity contribution in [2.45, 2.75) is 25.5 Å². The maximum absolute atomic E-state index is 13.7. The van der Waals surface area contributed by atoms with E-state index in [1.54, 1.807) is 30.3 Å². The van der Waals surface area contributed by atoms with Crippen LogP contribution in [0, 0.1) is 25.2 Å². The molecule has 1 atom stereocenters. The first-order valence-corrected chi connectivity index (χ1v) is 12.5. The van der Waals surface area contributed by atoms with Gasteiger partial charge in [-0.2, -0.15) is 5.26 Å². The predicted molar refractivity (Wildman–Crippen MR) is 143 cm³/mol. The number of amides is 2. The van der Waals surface area contributed by atoms with E-state index in [2.05, 4.69) is 5.32 Å². The van der Waals surface area contributed by atoms with Crippen molar-refractivity contribution < 1.29 is 9.59 Å². The lowest BCUT2D eigenvalue weighted by molar-refractivity contribution is -0.117. The van der Waals surface area contributed by atoms with E-state index in [1.807, 2.05) is 56.3 Å². The van der Waals surface area contributed by atoms with E-state index >= 15 is 0 Å². The van der Waals surface area contributed by atoms with E-state index in [0.29, 0.717) is 32.9 Å². The van der Waals surface area contributed by atoms with Gasteiger partial charge in [0.15, 0.2) is 0 Å². The first kappa shape index (κ1) is 24.9. The lowest BCUT2D eigenvalue weighted by Gasteiger charge is -2.21. The smallest absolute Gasteiger partial charge is 0.269 e. The molecular weight excluding hydrogens is 501 g/mol. The summed E-state index contributed by atoms with van der Waals surface area (Å²) in [6.45, 7) is 3.75. The molecule has 1 saturated heterocycles. The lowest BCUT2D eigenvalue weighted by atomic mass is 10.1. The third kappa shape index (κ3) is 5.08. The van der Waals surface area contributed by atoms with Crippen LogP contribution in [0.5, 0.6) is 0 Å². The van der Waals surface area contributed by atoms with Crippen molar-refractivity contribution in [3.05, 3.63) is 104 Å². The van der Waals surface area contributed by atoms with E-state index in [0.717, 1.165) is 16.7 Å². The summed E-state index contributed by atoms with van der Waals surface area (Å²) >= 11 is 13.7. The first-order valence-electron chi connectivity index (χ1n) is 10.8. The van der Waals surface area contributed by atoms with E-state index in [1.165, 1.54) is 16.7 Å². The number of nitrogens with zero attached hydrogens (tertiary/aromatic N) is 2. The number of hydrogen-bond donors (Lipinski definition) is 1. The van der Waals surface area contributed by atoms with Crippen LogP contribution in [-0.4, -0.2) is 17.1 Å². The van der Waals surface area contributed by atoms with E-state index in [-0.39, 0.29) is 11.5 Å². The molecule has 0 spiro atoms. The molecule has 0 bridgehead atoms. The Balaban J connectivity index is 1.77. The number of benzene rings is 3. The number of nitrogens with one attached hydrogen (secondary N) is 1. The van der Waals surface area contributed by atoms with E-state index in [4.69, 9.17) is 23.2 Å². The normalized spacial score (nSPS) is 16.7. The second-order valence-electron chi connectivity index (χ2n) is 8.04. The number of aryl methyl sites for hydroxylation is 2. The maximum atomic E-state index is 13.7. The molecule has 4 rings (SSSR count). The zero-order valence-corrected chi connectivity index (χ0v) is 21.3. The number of halogens is 2. The number of carbonyl (C=O) groups is 2. The summed E-state index contributed by atoms with van der Waals surface area (Å²) in [5, 5.41) is 13.3. The molecular formula is C27H21Cl2N3O2S. The molecule has 35 heavy (non-hydrogen) atoms. The molecule has 1 N–H and O–H groups in total. The molecule has 176 valence electrons. The minimum absolute atomic E-state index is 0.130. The second kappa shape index (κ2) is 10.6. The van der Waals surface area contributed by atoms with Gasteiger partial charge in [0.2, 0.25) is 5.91 Å². The average Bonchev–Trinajstić information content (AvgIpc) is 3.14. The largest absolute Gasteiger partial charge is 0.321 e. The van der Waals surface area contributed by atoms with Gasteiger partial charge in [0, 0.05) is 5.69 Å². The first-order chi connectivity index (χ1) is 16.8. The van der Waals surface area contributed by atoms with Gasteiger partial charge >= 0.3 is 0 Å². The van der Waals surface area contributed by atoms with Gasteiger partial charge in [0.25, 0.3) is 5.91 Å². The van der Waals surface area contributed by atoms with Gasteiger partial charge in [-0.1, -0.05) is 83.5 Å². The zero-order chi connectivity index (χ0) is 25.1. The molecule has 5 nitrogen and oxygen atoms in total. The summed E-state index contributed by atoms with van der Waals surface area (Å²) in [7, 11) is 0. The van der Waals surface area contributed by atoms with Crippen molar-refractivity contribution in [2.75, 3.05) is 10.2 Å². The summed E-state index contributed by atoms with van der Waals surface area (Å²) in [4.78, 5) is 28.4. The van der Waals surface area contributed by atoms with Crippen LogP contribution in [0.3, 0.4) is 0 Å². The number of thioether (sulfide) groups is 1. The molecule has 3 aromatic carbocycles. The number of para-hydroxylation sites is 2. The Hall–Kier alpha value is -3.24. The fraction of sp³-hybridized carbons (Fsp3) is 0.148. The summed E-state index contributed by atoms with van der Waals surface area (Å²) < 4.78 is 0. The van der Waals surface area contributed by atoms with Gasteiger partial charge in [0.1, 0.15) is 16.7 Å². The Labute approximate surface area is 218 Å². The second-order valence-corrected chi connectivity index (χ2v) is 10.0. The van der Waals surface area contributed by atoms with Gasteiger partial charge < -0.3 is 5.32 Å². The molecule has 0 aliphatic carbocycles. The molecule has 1 heterocycles. The van der Waals surface area contributed by atoms with Crippen molar-refractivity contribution in [3.63, 3.8) is 0 Å². The number of nitriles is 1. The van der Waals surface area contributed by atoms with Crippen LogP contribution in [0.25, 0.3) is 0 Å². The van der Waals surface area contributed by atoms with Crippen LogP contribution >= 0.6 is 35.0 Å². The fourth-order valence-corrected chi connectivity index (χ4v) is 5.51. The number of anilines is 2. The highest BCUT2D eigenvalue weighted by Gasteiger charge is 2.41. The third-order valence-corrected chi connectivity index (χ3v) is 7.81. The Morgan fingerprint density at radius 1 is 1.03 bits per heavy atom. The number of carbonyl (C=O) groups excluding carboxylic acids is 2. The van der Waals surface area contributed by atoms with Gasteiger partial charge in [-0.15, -0.1) is 0 Å². The molecule has 0 radical (unpaired) electrons. The molecule has 0 saturated carbocycles. The van der Waals surface area contributed by atoms with Crippen LogP contribution in [-0.2, 0) is 16.0 Å². The highest BCUT2D eigenvalue weighted by molar-refractivity contribution is 8.05. The zero-order valence-electron chi connectivity index (χ0n) is 19.0. The standard InChI is InChI=1S/C27H21Cl2N3O2S/c1-16-8-3-5-12-21(16)31-25(33)19(15-30)27-32(22-13-6-4-9-17(22)2)26(34)23(35-27)14-18-10-7-11-20(28)24(18)29/h3-13,23H,14H2,1-2H3,(H,31,33). The van der Waals surface area contributed by atoms with Crippen molar-refractivity contribution in [2.24, 2.45) is 0 Å². The number of rotatable bonds is 5. The lowest BCUT2D eigenvalue weighted by Crippen LogP contribution is -2.31. The summed E-state index contributed by atoms with van der Waals surface area (Å²) in [5.74, 6) is -0.802. The molecule has 1 fully saturated rings. The van der Waals surface area contributed by atoms with Crippen LogP contribution < -0.4 is 10.2 Å². The van der Waals surface area contributed by atoms with Crippen LogP contribution in [0.2, 0.25) is 10.0 Å². The average molecular weight is 522 g/mol. The van der Waals surface area contributed by atoms with Crippen molar-refractivity contribution in [3.8, 4) is 6.07 Å². The highest BCUT2D eigenvalue weighted by atomic mass is 35.5. The minimum atomic E-state index is -0.588. The topological polar surface area (TPSA) is 73.2 Å². The van der Waals surface area contributed by atoms with Gasteiger partial charge in [-0.05, 0) is 55.2 Å². The van der Waals surface area contributed by atoms with Crippen LogP contribution in [0.1, 0.15) is 16.7 Å². The highest BCUT2D eigenvalue weighted by Crippen LogP contribution is 2.43. The van der Waals surface area contributed by atoms with Crippen molar-refractivity contribution >= 4 is 58.2 Å². The van der Waals surface area contributed by atoms with E-state index in [9.17, 15) is 14.9 Å². The third-order valence-electron chi connectivity index (χ3n) is 5.69. The molecule has 2 amide bonds. The van der Waals surface area contributed by atoms with Gasteiger partial charge in [-0.3, -0.25) is 14.5 Å². The Kier molecular flexibility index (Phi) is 7.51. The van der Waals surface area contributed by atoms with Crippen molar-refractivity contribution in [1.82, 2.24) is 0 Å². The minimum Gasteiger partial charge on any atom is -0.321 e. The van der Waals surface area contributed by atoms with Gasteiger partial charge in [0.05, 0.1) is 21.0 Å². The molecule has 1 unspecified atom stereocenters. The molecule has 0 aromatic heterocycles. The summed E-state index contributed by atoms with van der Waals surface area (Å²) in [6.07, 6.45) is 0.299. The van der Waals surface area contributed by atoms with E-state index < -0.39 is 11.2 Å². The number of hydrogen-bond acceptors (Lipinski definition) is 4. The SMILES string of the molecule is Cc1ccccc1NC(=O)C(C#N)=C1SC(Cc2cccc(Cl)c2Cl)C(=O)N1c1ccccc1C. The fourth-order valence-electron chi connectivity index (χ4n) is 3.82. The Morgan fingerprint density at radius 3 is 2.40 bits per heavy atom. The Morgan fingerprint density at radius 2 is 1.71 bits per heavy atom. The van der Waals surface area contributed by atoms with Gasteiger partial charge in [-0.25, -0.2) is 0 Å². The van der Waals surface area contributed by atoms with Crippen LogP contribution in [0.4, 0.5) is 11.4 Å². The summed E-state index contributed by atoms with van der Waals surface area (Å²) in [5.41, 5.74) is 3.52. The monoisotopic (exact) mass is 521 g/mol. The molecule has 3 aromatic rings. The summed E-state index contributed by atoms with van der Waals surface area (Å²) in [6, 6.07) is 22.0. The predicted octanol–water partition coefficient (Wildman–Crippen LogP) is 6.68.